The van der Waals surface area contributed by atoms with Crippen molar-refractivity contribution in [3.05, 3.63) is 0 Å². The van der Waals surface area contributed by atoms with Gasteiger partial charge in [0.15, 0.2) is 0 Å². The van der Waals surface area contributed by atoms with Crippen LogP contribution in [0.25, 0.3) is 0 Å². The molecule has 0 bridgehead atoms. The van der Waals surface area contributed by atoms with E-state index in [1.165, 1.54) is 77.2 Å². The number of rotatable bonds is 3. The molecule has 1 spiro atoms. The van der Waals surface area contributed by atoms with Crippen molar-refractivity contribution in [1.82, 2.24) is 4.90 Å². The van der Waals surface area contributed by atoms with Gasteiger partial charge in [0.05, 0.1) is 0 Å². The Morgan fingerprint density at radius 3 is 2.33 bits per heavy atom. The zero-order valence-corrected chi connectivity index (χ0v) is 13.9. The van der Waals surface area contributed by atoms with Gasteiger partial charge in [0.2, 0.25) is 0 Å². The SMILES string of the molecule is CC1CCCC(C=O)(CN2CCC3(CCCCC3)CC2)C1. The minimum absolute atomic E-state index is 0.0191. The molecule has 120 valence electrons. The molecule has 0 N–H and O–H groups in total. The van der Waals surface area contributed by atoms with Crippen LogP contribution in [0.15, 0.2) is 0 Å². The van der Waals surface area contributed by atoms with Gasteiger partial charge < -0.3 is 9.69 Å². The molecule has 1 aliphatic heterocycles. The predicted molar refractivity (Wildman–Crippen MR) is 87.3 cm³/mol. The van der Waals surface area contributed by atoms with Gasteiger partial charge in [-0.2, -0.15) is 0 Å². The molecule has 2 unspecified atom stereocenters. The molecule has 2 heteroatoms. The Kier molecular flexibility index (Phi) is 4.73. The molecule has 1 heterocycles. The molecule has 0 radical (unpaired) electrons. The lowest BCUT2D eigenvalue weighted by Crippen LogP contribution is -2.47. The first-order valence-corrected chi connectivity index (χ1v) is 9.34. The molecule has 3 aliphatic rings. The first kappa shape index (κ1) is 15.5. The molecule has 2 aliphatic carbocycles. The first-order chi connectivity index (χ1) is 10.2. The highest BCUT2D eigenvalue weighted by Crippen LogP contribution is 2.45. The van der Waals surface area contributed by atoms with Crippen molar-refractivity contribution in [2.45, 2.75) is 77.6 Å². The molecule has 2 atom stereocenters. The third-order valence-corrected chi connectivity index (χ3v) is 6.75. The maximum Gasteiger partial charge on any atom is 0.127 e. The van der Waals surface area contributed by atoms with E-state index in [9.17, 15) is 4.79 Å². The summed E-state index contributed by atoms with van der Waals surface area (Å²) in [4.78, 5) is 14.4. The van der Waals surface area contributed by atoms with E-state index >= 15 is 0 Å². The molecule has 0 aromatic heterocycles. The number of carbonyl (C=O) groups excluding carboxylic acids is 1. The maximum atomic E-state index is 11.8. The summed E-state index contributed by atoms with van der Waals surface area (Å²) in [5.74, 6) is 0.735. The fourth-order valence-corrected chi connectivity index (χ4v) is 5.42. The minimum Gasteiger partial charge on any atom is -0.303 e. The summed E-state index contributed by atoms with van der Waals surface area (Å²) in [6, 6.07) is 0. The lowest BCUT2D eigenvalue weighted by molar-refractivity contribution is -0.120. The van der Waals surface area contributed by atoms with E-state index in [1.54, 1.807) is 0 Å². The second-order valence-electron chi connectivity index (χ2n) is 8.52. The fourth-order valence-electron chi connectivity index (χ4n) is 5.42. The number of hydrogen-bond donors (Lipinski definition) is 0. The highest BCUT2D eigenvalue weighted by molar-refractivity contribution is 5.60. The zero-order valence-electron chi connectivity index (χ0n) is 13.9. The number of hydrogen-bond acceptors (Lipinski definition) is 2. The normalized spacial score (nSPS) is 37.5. The van der Waals surface area contributed by atoms with Crippen molar-refractivity contribution < 1.29 is 4.79 Å². The minimum atomic E-state index is -0.0191. The topological polar surface area (TPSA) is 20.3 Å². The average molecular weight is 291 g/mol. The average Bonchev–Trinajstić information content (AvgIpc) is 2.51. The van der Waals surface area contributed by atoms with Gasteiger partial charge in [-0.1, -0.05) is 39.0 Å². The van der Waals surface area contributed by atoms with Crippen molar-refractivity contribution in [1.29, 1.82) is 0 Å². The van der Waals surface area contributed by atoms with Gasteiger partial charge in [-0.25, -0.2) is 0 Å². The molecular weight excluding hydrogens is 258 g/mol. The number of nitrogens with zero attached hydrogens (tertiary/aromatic N) is 1. The van der Waals surface area contributed by atoms with E-state index < -0.39 is 0 Å². The fraction of sp³-hybridized carbons (Fsp3) is 0.947. The molecule has 3 rings (SSSR count). The second kappa shape index (κ2) is 6.40. The van der Waals surface area contributed by atoms with Crippen LogP contribution in [-0.4, -0.2) is 30.8 Å². The molecule has 1 saturated heterocycles. The van der Waals surface area contributed by atoms with Gasteiger partial charge in [0, 0.05) is 12.0 Å². The lowest BCUT2D eigenvalue weighted by atomic mass is 9.67. The highest BCUT2D eigenvalue weighted by atomic mass is 16.1. The summed E-state index contributed by atoms with van der Waals surface area (Å²) in [5, 5.41) is 0. The molecule has 2 saturated carbocycles. The van der Waals surface area contributed by atoms with Gasteiger partial charge in [-0.05, 0) is 62.9 Å². The molecule has 2 nitrogen and oxygen atoms in total. The van der Waals surface area contributed by atoms with Crippen LogP contribution in [-0.2, 0) is 4.79 Å². The lowest BCUT2D eigenvalue weighted by Gasteiger charge is -2.47. The van der Waals surface area contributed by atoms with Gasteiger partial charge in [0.25, 0.3) is 0 Å². The van der Waals surface area contributed by atoms with Crippen molar-refractivity contribution in [2.75, 3.05) is 19.6 Å². The largest absolute Gasteiger partial charge is 0.303 e. The van der Waals surface area contributed by atoms with Gasteiger partial charge in [0.1, 0.15) is 6.29 Å². The van der Waals surface area contributed by atoms with Crippen molar-refractivity contribution >= 4 is 6.29 Å². The molecule has 0 aromatic carbocycles. The highest BCUT2D eigenvalue weighted by Gasteiger charge is 2.40. The summed E-state index contributed by atoms with van der Waals surface area (Å²) in [6.45, 7) is 5.84. The van der Waals surface area contributed by atoms with Crippen LogP contribution in [0.5, 0.6) is 0 Å². The van der Waals surface area contributed by atoms with Crippen LogP contribution in [0.2, 0.25) is 0 Å². The summed E-state index contributed by atoms with van der Waals surface area (Å²) in [6.07, 6.45) is 16.2. The van der Waals surface area contributed by atoms with Crippen molar-refractivity contribution in [3.8, 4) is 0 Å². The van der Waals surface area contributed by atoms with Crippen LogP contribution in [0.4, 0.5) is 0 Å². The Hall–Kier alpha value is -0.370. The van der Waals surface area contributed by atoms with Gasteiger partial charge in [-0.15, -0.1) is 0 Å². The smallest absolute Gasteiger partial charge is 0.127 e. The molecular formula is C19H33NO. The van der Waals surface area contributed by atoms with E-state index in [4.69, 9.17) is 0 Å². The summed E-state index contributed by atoms with van der Waals surface area (Å²) in [5.41, 5.74) is 0.664. The van der Waals surface area contributed by atoms with Gasteiger partial charge >= 0.3 is 0 Å². The number of aldehydes is 1. The molecule has 3 fully saturated rings. The Morgan fingerprint density at radius 2 is 1.71 bits per heavy atom. The zero-order chi connectivity index (χ0) is 14.8. The summed E-state index contributed by atoms with van der Waals surface area (Å²) < 4.78 is 0. The van der Waals surface area contributed by atoms with Crippen LogP contribution in [0.1, 0.15) is 77.6 Å². The van der Waals surface area contributed by atoms with Crippen LogP contribution in [0, 0.1) is 16.7 Å². The third-order valence-electron chi connectivity index (χ3n) is 6.75. The Balaban J connectivity index is 1.55. The molecule has 21 heavy (non-hydrogen) atoms. The Morgan fingerprint density at radius 1 is 1.00 bits per heavy atom. The standard InChI is InChI=1S/C19H33NO/c1-17-6-5-9-19(14-17,16-21)15-20-12-10-18(11-13-20)7-3-2-4-8-18/h16-17H,2-15H2,1H3. The molecule has 0 amide bonds. The van der Waals surface area contributed by atoms with E-state index in [0.717, 1.165) is 25.3 Å². The summed E-state index contributed by atoms with van der Waals surface area (Å²) >= 11 is 0. The quantitative estimate of drug-likeness (QED) is 0.717. The number of carbonyl (C=O) groups is 1. The van der Waals surface area contributed by atoms with Crippen LogP contribution in [0.3, 0.4) is 0 Å². The number of likely N-dealkylation sites (tertiary alicyclic amines) is 1. The molecule has 0 aromatic rings. The van der Waals surface area contributed by atoms with Crippen LogP contribution < -0.4 is 0 Å². The Labute approximate surface area is 130 Å². The van der Waals surface area contributed by atoms with E-state index in [0.29, 0.717) is 5.41 Å². The Bertz CT molecular complexity index is 351. The van der Waals surface area contributed by atoms with Crippen LogP contribution >= 0.6 is 0 Å². The van der Waals surface area contributed by atoms with E-state index in [-0.39, 0.29) is 5.41 Å². The summed E-state index contributed by atoms with van der Waals surface area (Å²) in [7, 11) is 0. The van der Waals surface area contributed by atoms with E-state index in [1.807, 2.05) is 0 Å². The second-order valence-corrected chi connectivity index (χ2v) is 8.52. The predicted octanol–water partition coefficient (Wildman–Crippen LogP) is 4.43. The monoisotopic (exact) mass is 291 g/mol. The number of piperidine rings is 1. The maximum absolute atomic E-state index is 11.8. The van der Waals surface area contributed by atoms with Gasteiger partial charge in [-0.3, -0.25) is 0 Å². The van der Waals surface area contributed by atoms with Crippen molar-refractivity contribution in [3.63, 3.8) is 0 Å². The van der Waals surface area contributed by atoms with E-state index in [2.05, 4.69) is 11.8 Å². The first-order valence-electron chi connectivity index (χ1n) is 9.34. The third kappa shape index (κ3) is 3.52. The van der Waals surface area contributed by atoms with Crippen molar-refractivity contribution in [2.24, 2.45) is 16.7 Å².